The molecule has 26 heavy (non-hydrogen) atoms. The van der Waals surface area contributed by atoms with Crippen LogP contribution in [0.25, 0.3) is 11.3 Å². The number of aromatic nitrogens is 2. The second kappa shape index (κ2) is 7.78. The Labute approximate surface area is 153 Å². The molecule has 5 heteroatoms. The van der Waals surface area contributed by atoms with Gasteiger partial charge in [-0.05, 0) is 50.6 Å². The second-order valence-corrected chi connectivity index (χ2v) is 6.09. The quantitative estimate of drug-likeness (QED) is 0.541. The Bertz CT molecular complexity index is 916. The number of methoxy groups -OCH3 is 1. The van der Waals surface area contributed by atoms with Crippen LogP contribution >= 0.6 is 0 Å². The predicted octanol–water partition coefficient (Wildman–Crippen LogP) is 4.61. The molecule has 0 aliphatic rings. The minimum atomic E-state index is 0.662. The van der Waals surface area contributed by atoms with Gasteiger partial charge in [0.05, 0.1) is 18.5 Å². The number of nitrogens with zero attached hydrogens (tertiary/aromatic N) is 3. The minimum Gasteiger partial charge on any atom is -0.497 e. The molecule has 1 aromatic heterocycles. The molecule has 3 rings (SSSR count). The molecule has 0 unspecified atom stereocenters. The van der Waals surface area contributed by atoms with Gasteiger partial charge in [-0.2, -0.15) is 5.10 Å². The lowest BCUT2D eigenvalue weighted by Gasteiger charge is -2.08. The van der Waals surface area contributed by atoms with E-state index < -0.39 is 0 Å². The van der Waals surface area contributed by atoms with Crippen molar-refractivity contribution in [2.45, 2.75) is 20.8 Å². The van der Waals surface area contributed by atoms with Gasteiger partial charge in [0, 0.05) is 11.6 Å². The van der Waals surface area contributed by atoms with Crippen molar-refractivity contribution < 1.29 is 4.74 Å². The fourth-order valence-corrected chi connectivity index (χ4v) is 2.54. The van der Waals surface area contributed by atoms with Gasteiger partial charge in [-0.3, -0.25) is 5.43 Å². The number of hydrogen-bond donors (Lipinski definition) is 1. The van der Waals surface area contributed by atoms with E-state index in [9.17, 15) is 0 Å². The highest BCUT2D eigenvalue weighted by molar-refractivity contribution is 5.99. The van der Waals surface area contributed by atoms with Gasteiger partial charge >= 0.3 is 0 Å². The van der Waals surface area contributed by atoms with E-state index in [4.69, 9.17) is 4.74 Å². The first-order chi connectivity index (χ1) is 12.5. The normalized spacial score (nSPS) is 11.3. The smallest absolute Gasteiger partial charge is 0.150 e. The van der Waals surface area contributed by atoms with E-state index in [2.05, 4.69) is 51.7 Å². The molecule has 1 heterocycles. The maximum absolute atomic E-state index is 5.20. The Balaban J connectivity index is 1.83. The molecule has 0 atom stereocenters. The molecule has 0 aliphatic carbocycles. The number of hydrazone groups is 1. The highest BCUT2D eigenvalue weighted by atomic mass is 16.5. The van der Waals surface area contributed by atoms with Crippen LogP contribution in [-0.4, -0.2) is 22.8 Å². The van der Waals surface area contributed by atoms with Crippen LogP contribution in [0.4, 0.5) is 5.82 Å². The lowest BCUT2D eigenvalue weighted by atomic mass is 10.1. The van der Waals surface area contributed by atoms with Crippen LogP contribution in [0.1, 0.15) is 23.9 Å². The number of hydrogen-bond acceptors (Lipinski definition) is 5. The molecule has 1 N–H and O–H groups in total. The Kier molecular flexibility index (Phi) is 5.27. The molecule has 0 saturated heterocycles. The molecule has 2 aromatic carbocycles. The molecule has 3 aromatic rings. The van der Waals surface area contributed by atoms with Crippen LogP contribution in [0.3, 0.4) is 0 Å². The molecule has 5 nitrogen and oxygen atoms in total. The average molecular weight is 346 g/mol. The average Bonchev–Trinajstić information content (AvgIpc) is 2.66. The summed E-state index contributed by atoms with van der Waals surface area (Å²) in [7, 11) is 1.65. The van der Waals surface area contributed by atoms with E-state index in [0.29, 0.717) is 11.6 Å². The van der Waals surface area contributed by atoms with Crippen molar-refractivity contribution in [3.8, 4) is 17.0 Å². The van der Waals surface area contributed by atoms with Gasteiger partial charge in [0.1, 0.15) is 17.4 Å². The predicted molar refractivity (Wildman–Crippen MR) is 106 cm³/mol. The first-order valence-corrected chi connectivity index (χ1v) is 8.42. The van der Waals surface area contributed by atoms with Gasteiger partial charge in [-0.25, -0.2) is 9.97 Å². The number of nitrogens with one attached hydrogen (secondary N) is 1. The first-order valence-electron chi connectivity index (χ1n) is 8.42. The number of rotatable bonds is 5. The van der Waals surface area contributed by atoms with Gasteiger partial charge in [0.15, 0.2) is 0 Å². The molecule has 0 saturated carbocycles. The van der Waals surface area contributed by atoms with Crippen molar-refractivity contribution in [3.05, 3.63) is 71.5 Å². The third-order valence-electron chi connectivity index (χ3n) is 4.03. The summed E-state index contributed by atoms with van der Waals surface area (Å²) in [4.78, 5) is 8.93. The summed E-state index contributed by atoms with van der Waals surface area (Å²) in [6.45, 7) is 5.91. The monoisotopic (exact) mass is 346 g/mol. The van der Waals surface area contributed by atoms with Gasteiger partial charge in [-0.15, -0.1) is 0 Å². The van der Waals surface area contributed by atoms with Crippen molar-refractivity contribution in [1.82, 2.24) is 9.97 Å². The molecule has 0 spiro atoms. The highest BCUT2D eigenvalue weighted by Crippen LogP contribution is 2.22. The van der Waals surface area contributed by atoms with E-state index in [1.807, 2.05) is 44.2 Å². The molecule has 132 valence electrons. The van der Waals surface area contributed by atoms with E-state index in [0.717, 1.165) is 28.3 Å². The van der Waals surface area contributed by atoms with Crippen molar-refractivity contribution in [2.24, 2.45) is 5.10 Å². The SMILES string of the molecule is COc1ccc(-c2cc(N/N=C(\C)c3ccc(C)cc3)nc(C)n2)cc1. The summed E-state index contributed by atoms with van der Waals surface area (Å²) in [6.07, 6.45) is 0. The summed E-state index contributed by atoms with van der Waals surface area (Å²) in [6, 6.07) is 17.9. The third kappa shape index (κ3) is 4.25. The molecule has 0 amide bonds. The van der Waals surface area contributed by atoms with Gasteiger partial charge in [0.25, 0.3) is 0 Å². The van der Waals surface area contributed by atoms with Crippen LogP contribution in [0.2, 0.25) is 0 Å². The van der Waals surface area contributed by atoms with Crippen LogP contribution in [0, 0.1) is 13.8 Å². The Hall–Kier alpha value is -3.21. The molecular weight excluding hydrogens is 324 g/mol. The zero-order valence-corrected chi connectivity index (χ0v) is 15.4. The minimum absolute atomic E-state index is 0.662. The van der Waals surface area contributed by atoms with Crippen molar-refractivity contribution >= 4 is 11.5 Å². The van der Waals surface area contributed by atoms with Crippen molar-refractivity contribution in [3.63, 3.8) is 0 Å². The standard InChI is InChI=1S/C21H22N4O/c1-14-5-7-17(8-6-14)15(2)24-25-21-13-20(22-16(3)23-21)18-9-11-19(26-4)12-10-18/h5-13H,1-4H3,(H,22,23,25)/b24-15+. The van der Waals surface area contributed by atoms with Crippen LogP contribution in [-0.2, 0) is 0 Å². The maximum atomic E-state index is 5.20. The number of benzene rings is 2. The van der Waals surface area contributed by atoms with E-state index in [-0.39, 0.29) is 0 Å². The molecule has 0 aliphatic heterocycles. The topological polar surface area (TPSA) is 59.4 Å². The maximum Gasteiger partial charge on any atom is 0.150 e. The largest absolute Gasteiger partial charge is 0.497 e. The Morgan fingerprint density at radius 1 is 0.962 bits per heavy atom. The number of ether oxygens (including phenoxy) is 1. The lowest BCUT2D eigenvalue weighted by Crippen LogP contribution is -2.03. The Morgan fingerprint density at radius 2 is 1.65 bits per heavy atom. The summed E-state index contributed by atoms with van der Waals surface area (Å²) >= 11 is 0. The molecular formula is C21H22N4O. The third-order valence-corrected chi connectivity index (χ3v) is 4.03. The summed E-state index contributed by atoms with van der Waals surface area (Å²) in [5.74, 6) is 2.16. The second-order valence-electron chi connectivity index (χ2n) is 6.09. The van der Waals surface area contributed by atoms with Crippen LogP contribution < -0.4 is 10.2 Å². The van der Waals surface area contributed by atoms with Crippen LogP contribution in [0.5, 0.6) is 5.75 Å². The van der Waals surface area contributed by atoms with Gasteiger partial charge in [-0.1, -0.05) is 29.8 Å². The zero-order valence-electron chi connectivity index (χ0n) is 15.4. The van der Waals surface area contributed by atoms with Gasteiger partial charge in [0.2, 0.25) is 0 Å². The van der Waals surface area contributed by atoms with E-state index in [1.54, 1.807) is 7.11 Å². The van der Waals surface area contributed by atoms with Gasteiger partial charge < -0.3 is 4.74 Å². The summed E-state index contributed by atoms with van der Waals surface area (Å²) < 4.78 is 5.20. The number of aryl methyl sites for hydroxylation is 2. The summed E-state index contributed by atoms with van der Waals surface area (Å²) in [5.41, 5.74) is 8.08. The lowest BCUT2D eigenvalue weighted by molar-refractivity contribution is 0.415. The van der Waals surface area contributed by atoms with Crippen molar-refractivity contribution in [2.75, 3.05) is 12.5 Å². The molecule has 0 radical (unpaired) electrons. The molecule has 0 fully saturated rings. The first kappa shape index (κ1) is 17.6. The molecule has 0 bridgehead atoms. The fraction of sp³-hybridized carbons (Fsp3) is 0.190. The Morgan fingerprint density at radius 3 is 2.31 bits per heavy atom. The highest BCUT2D eigenvalue weighted by Gasteiger charge is 2.05. The van der Waals surface area contributed by atoms with Crippen LogP contribution in [0.15, 0.2) is 59.7 Å². The number of anilines is 1. The van der Waals surface area contributed by atoms with E-state index >= 15 is 0 Å². The zero-order chi connectivity index (χ0) is 18.5. The fourth-order valence-electron chi connectivity index (χ4n) is 2.54. The van der Waals surface area contributed by atoms with E-state index in [1.165, 1.54) is 5.56 Å². The summed E-state index contributed by atoms with van der Waals surface area (Å²) in [5, 5.41) is 4.45. The van der Waals surface area contributed by atoms with Crippen molar-refractivity contribution in [1.29, 1.82) is 0 Å².